The van der Waals surface area contributed by atoms with Gasteiger partial charge < -0.3 is 9.47 Å². The molecule has 0 spiro atoms. The zero-order valence-corrected chi connectivity index (χ0v) is 19.6. The van der Waals surface area contributed by atoms with Crippen LogP contribution in [0.15, 0.2) is 60.7 Å². The highest BCUT2D eigenvalue weighted by Crippen LogP contribution is 2.39. The summed E-state index contributed by atoms with van der Waals surface area (Å²) >= 11 is 0. The van der Waals surface area contributed by atoms with Gasteiger partial charge in [-0.1, -0.05) is 35.9 Å². The number of ether oxygens (including phenoxy) is 2. The Kier molecular flexibility index (Phi) is 6.09. The topological polar surface area (TPSA) is 59.1 Å². The Morgan fingerprint density at radius 3 is 2.18 bits per heavy atom. The fraction of sp³-hybridized carbons (Fsp3) is 0.259. The van der Waals surface area contributed by atoms with Gasteiger partial charge in [0, 0.05) is 11.8 Å². The molecule has 33 heavy (non-hydrogen) atoms. The van der Waals surface area contributed by atoms with Crippen molar-refractivity contribution in [2.75, 3.05) is 30.6 Å². The number of amides is 2. The summed E-state index contributed by atoms with van der Waals surface area (Å²) in [5, 5.41) is 0. The number of anilines is 2. The molecule has 6 nitrogen and oxygen atoms in total. The summed E-state index contributed by atoms with van der Waals surface area (Å²) in [6, 6.07) is 18.0. The predicted octanol–water partition coefficient (Wildman–Crippen LogP) is 4.75. The highest BCUT2D eigenvalue weighted by atomic mass is 16.5. The SMILES string of the molecule is COc1ccc(N2CC(=O)N(c3ccc(C)c(C)c3)C(c3ccc(C)cc3)C2=O)c(OC)c1. The third-order valence-electron chi connectivity index (χ3n) is 6.16. The van der Waals surface area contributed by atoms with E-state index in [9.17, 15) is 9.59 Å². The Morgan fingerprint density at radius 1 is 0.818 bits per heavy atom. The number of nitrogens with zero attached hydrogens (tertiary/aromatic N) is 2. The Bertz CT molecular complexity index is 1200. The summed E-state index contributed by atoms with van der Waals surface area (Å²) in [5.41, 5.74) is 5.28. The second kappa shape index (κ2) is 8.98. The van der Waals surface area contributed by atoms with Crippen LogP contribution in [0, 0.1) is 20.8 Å². The molecule has 170 valence electrons. The maximum Gasteiger partial charge on any atom is 0.255 e. The minimum atomic E-state index is -0.791. The average Bonchev–Trinajstić information content (AvgIpc) is 2.82. The number of benzene rings is 3. The minimum Gasteiger partial charge on any atom is -0.497 e. The molecular formula is C27H28N2O4. The second-order valence-electron chi connectivity index (χ2n) is 8.31. The number of methoxy groups -OCH3 is 2. The van der Waals surface area contributed by atoms with Gasteiger partial charge >= 0.3 is 0 Å². The molecule has 1 saturated heterocycles. The fourth-order valence-corrected chi connectivity index (χ4v) is 4.11. The maximum absolute atomic E-state index is 14.0. The first-order valence-electron chi connectivity index (χ1n) is 10.8. The van der Waals surface area contributed by atoms with Crippen LogP contribution in [-0.2, 0) is 9.59 Å². The van der Waals surface area contributed by atoms with E-state index in [1.807, 2.05) is 63.2 Å². The molecule has 1 aliphatic rings. The van der Waals surface area contributed by atoms with Gasteiger partial charge in [-0.15, -0.1) is 0 Å². The van der Waals surface area contributed by atoms with Crippen molar-refractivity contribution in [3.05, 3.63) is 82.9 Å². The largest absolute Gasteiger partial charge is 0.497 e. The first-order chi connectivity index (χ1) is 15.8. The van der Waals surface area contributed by atoms with E-state index < -0.39 is 6.04 Å². The molecule has 4 rings (SSSR count). The summed E-state index contributed by atoms with van der Waals surface area (Å²) in [5.74, 6) is 0.720. The lowest BCUT2D eigenvalue weighted by Crippen LogP contribution is -2.56. The van der Waals surface area contributed by atoms with Gasteiger partial charge in [0.05, 0.1) is 19.9 Å². The van der Waals surface area contributed by atoms with Gasteiger partial charge in [-0.05, 0) is 61.7 Å². The molecule has 0 saturated carbocycles. The predicted molar refractivity (Wildman–Crippen MR) is 129 cm³/mol. The molecule has 0 bridgehead atoms. The molecule has 0 radical (unpaired) electrons. The Morgan fingerprint density at radius 2 is 1.55 bits per heavy atom. The molecule has 3 aromatic rings. The van der Waals surface area contributed by atoms with E-state index in [1.54, 1.807) is 30.2 Å². The van der Waals surface area contributed by atoms with Crippen LogP contribution in [-0.4, -0.2) is 32.6 Å². The van der Waals surface area contributed by atoms with Crippen LogP contribution in [0.5, 0.6) is 11.5 Å². The number of hydrogen-bond acceptors (Lipinski definition) is 4. The quantitative estimate of drug-likeness (QED) is 0.570. The van der Waals surface area contributed by atoms with E-state index in [1.165, 1.54) is 12.0 Å². The van der Waals surface area contributed by atoms with Crippen molar-refractivity contribution < 1.29 is 19.1 Å². The van der Waals surface area contributed by atoms with Gasteiger partial charge in [-0.25, -0.2) is 0 Å². The van der Waals surface area contributed by atoms with E-state index in [-0.39, 0.29) is 18.4 Å². The molecule has 1 unspecified atom stereocenters. The molecule has 1 atom stereocenters. The molecule has 1 aliphatic heterocycles. The third kappa shape index (κ3) is 4.16. The van der Waals surface area contributed by atoms with Crippen molar-refractivity contribution in [1.29, 1.82) is 0 Å². The molecular weight excluding hydrogens is 416 g/mol. The first kappa shape index (κ1) is 22.4. The van der Waals surface area contributed by atoms with Gasteiger partial charge in [-0.3, -0.25) is 19.4 Å². The summed E-state index contributed by atoms with van der Waals surface area (Å²) in [7, 11) is 3.10. The standard InChI is InChI=1S/C27H28N2O4/c1-17-6-9-20(10-7-17)26-27(31)28(23-13-12-22(32-4)15-24(23)33-5)16-25(30)29(26)21-11-8-18(2)19(3)14-21/h6-15,26H,16H2,1-5H3. The Hall–Kier alpha value is -3.80. The van der Waals surface area contributed by atoms with E-state index in [0.717, 1.165) is 22.3 Å². The van der Waals surface area contributed by atoms with Crippen LogP contribution in [0.25, 0.3) is 0 Å². The minimum absolute atomic E-state index is 0.0865. The molecule has 1 fully saturated rings. The lowest BCUT2D eigenvalue weighted by atomic mass is 9.97. The summed E-state index contributed by atoms with van der Waals surface area (Å²) in [4.78, 5) is 30.6. The number of piperazine rings is 1. The normalized spacial score (nSPS) is 16.2. The molecule has 0 N–H and O–H groups in total. The molecule has 6 heteroatoms. The summed E-state index contributed by atoms with van der Waals surface area (Å²) < 4.78 is 10.8. The van der Waals surface area contributed by atoms with E-state index in [0.29, 0.717) is 22.9 Å². The van der Waals surface area contributed by atoms with Crippen LogP contribution < -0.4 is 19.3 Å². The zero-order valence-electron chi connectivity index (χ0n) is 19.6. The average molecular weight is 445 g/mol. The van der Waals surface area contributed by atoms with Crippen molar-refractivity contribution in [3.8, 4) is 11.5 Å². The molecule has 0 aliphatic carbocycles. The molecule has 1 heterocycles. The van der Waals surface area contributed by atoms with Crippen LogP contribution >= 0.6 is 0 Å². The van der Waals surface area contributed by atoms with Crippen LogP contribution in [0.3, 0.4) is 0 Å². The van der Waals surface area contributed by atoms with Crippen molar-refractivity contribution >= 4 is 23.2 Å². The van der Waals surface area contributed by atoms with Crippen molar-refractivity contribution in [2.24, 2.45) is 0 Å². The van der Waals surface area contributed by atoms with Crippen LogP contribution in [0.1, 0.15) is 28.3 Å². The Labute approximate surface area is 194 Å². The van der Waals surface area contributed by atoms with Gasteiger partial charge in [-0.2, -0.15) is 0 Å². The highest BCUT2D eigenvalue weighted by molar-refractivity contribution is 6.15. The number of rotatable bonds is 5. The third-order valence-corrected chi connectivity index (χ3v) is 6.16. The fourth-order valence-electron chi connectivity index (χ4n) is 4.11. The van der Waals surface area contributed by atoms with E-state index in [2.05, 4.69) is 0 Å². The Balaban J connectivity index is 1.83. The maximum atomic E-state index is 14.0. The van der Waals surface area contributed by atoms with E-state index in [4.69, 9.17) is 9.47 Å². The van der Waals surface area contributed by atoms with Crippen LogP contribution in [0.4, 0.5) is 11.4 Å². The zero-order chi connectivity index (χ0) is 23.7. The number of carbonyl (C=O) groups is 2. The molecule has 2 amide bonds. The number of carbonyl (C=O) groups excluding carboxylic acids is 2. The van der Waals surface area contributed by atoms with Gasteiger partial charge in [0.1, 0.15) is 24.1 Å². The van der Waals surface area contributed by atoms with Crippen molar-refractivity contribution in [1.82, 2.24) is 0 Å². The lowest BCUT2D eigenvalue weighted by molar-refractivity contribution is -0.128. The molecule has 3 aromatic carbocycles. The van der Waals surface area contributed by atoms with Crippen molar-refractivity contribution in [2.45, 2.75) is 26.8 Å². The van der Waals surface area contributed by atoms with E-state index >= 15 is 0 Å². The number of aryl methyl sites for hydroxylation is 3. The summed E-state index contributed by atoms with van der Waals surface area (Å²) in [6.45, 7) is 5.94. The first-order valence-corrected chi connectivity index (χ1v) is 10.8. The van der Waals surface area contributed by atoms with Gasteiger partial charge in [0.25, 0.3) is 5.91 Å². The monoisotopic (exact) mass is 444 g/mol. The summed E-state index contributed by atoms with van der Waals surface area (Å²) in [6.07, 6.45) is 0. The smallest absolute Gasteiger partial charge is 0.255 e. The van der Waals surface area contributed by atoms with Gasteiger partial charge in [0.2, 0.25) is 5.91 Å². The number of hydrogen-bond donors (Lipinski definition) is 0. The highest BCUT2D eigenvalue weighted by Gasteiger charge is 2.42. The van der Waals surface area contributed by atoms with Crippen molar-refractivity contribution in [3.63, 3.8) is 0 Å². The molecule has 0 aromatic heterocycles. The second-order valence-corrected chi connectivity index (χ2v) is 8.31. The lowest BCUT2D eigenvalue weighted by Gasteiger charge is -2.41. The van der Waals surface area contributed by atoms with Crippen LogP contribution in [0.2, 0.25) is 0 Å². The van der Waals surface area contributed by atoms with Gasteiger partial charge in [0.15, 0.2) is 0 Å².